The quantitative estimate of drug-likeness (QED) is 0.747. The minimum atomic E-state index is -2.80. The molecule has 4 nitrogen and oxygen atoms in total. The van der Waals surface area contributed by atoms with E-state index >= 15 is 0 Å². The molecule has 0 spiro atoms. The Morgan fingerprint density at radius 3 is 2.85 bits per heavy atom. The van der Waals surface area contributed by atoms with Gasteiger partial charge in [0.05, 0.1) is 18.1 Å². The molecule has 7 heteroatoms. The molecule has 0 radical (unpaired) electrons. The van der Waals surface area contributed by atoms with Gasteiger partial charge in [0.25, 0.3) is 5.92 Å². The summed E-state index contributed by atoms with van der Waals surface area (Å²) < 4.78 is 43.3. The Morgan fingerprint density at radius 1 is 1.23 bits per heavy atom. The van der Waals surface area contributed by atoms with Crippen LogP contribution in [0.2, 0.25) is 0 Å². The lowest BCUT2D eigenvalue weighted by Gasteiger charge is -2.33. The second-order valence-corrected chi connectivity index (χ2v) is 6.64. The molecule has 1 saturated heterocycles. The number of fused-ring (bicyclic) bond motifs is 1. The number of aromatic nitrogens is 2. The maximum atomic E-state index is 14.0. The minimum Gasteiger partial charge on any atom is -0.376 e. The van der Waals surface area contributed by atoms with E-state index in [0.29, 0.717) is 29.9 Å². The van der Waals surface area contributed by atoms with Crippen LogP contribution in [0.15, 0.2) is 42.5 Å². The van der Waals surface area contributed by atoms with Gasteiger partial charge < -0.3 is 10.6 Å². The van der Waals surface area contributed by atoms with Crippen molar-refractivity contribution >= 4 is 16.6 Å². The van der Waals surface area contributed by atoms with Crippen LogP contribution in [-0.2, 0) is 7.05 Å². The van der Waals surface area contributed by atoms with Gasteiger partial charge in [0.15, 0.2) is 0 Å². The zero-order valence-corrected chi connectivity index (χ0v) is 14.3. The molecule has 0 aliphatic carbocycles. The van der Waals surface area contributed by atoms with Crippen molar-refractivity contribution in [2.75, 3.05) is 18.4 Å². The highest BCUT2D eigenvalue weighted by molar-refractivity contribution is 5.95. The average Bonchev–Trinajstić information content (AvgIpc) is 2.93. The van der Waals surface area contributed by atoms with Crippen molar-refractivity contribution in [3.05, 3.63) is 48.3 Å². The SMILES string of the molecule is Cn1nc(-c2cccc(F)c2)c2ccc(NC3CCNCC3(F)F)cc21. The fourth-order valence-corrected chi connectivity index (χ4v) is 3.41. The maximum Gasteiger partial charge on any atom is 0.279 e. The fraction of sp³-hybridized carbons (Fsp3) is 0.316. The van der Waals surface area contributed by atoms with E-state index in [4.69, 9.17) is 0 Å². The summed E-state index contributed by atoms with van der Waals surface area (Å²) in [5.74, 6) is -3.13. The third-order valence-corrected chi connectivity index (χ3v) is 4.77. The predicted octanol–water partition coefficient (Wildman–Crippen LogP) is 3.79. The van der Waals surface area contributed by atoms with Gasteiger partial charge in [-0.1, -0.05) is 12.1 Å². The molecule has 4 rings (SSSR count). The number of nitrogens with zero attached hydrogens (tertiary/aromatic N) is 2. The molecule has 3 aromatic rings. The van der Waals surface area contributed by atoms with Crippen LogP contribution in [0, 0.1) is 5.82 Å². The van der Waals surface area contributed by atoms with Crippen molar-refractivity contribution in [1.29, 1.82) is 0 Å². The van der Waals surface area contributed by atoms with Gasteiger partial charge in [-0.25, -0.2) is 13.2 Å². The molecular weight excluding hydrogens is 341 g/mol. The third-order valence-electron chi connectivity index (χ3n) is 4.77. The maximum absolute atomic E-state index is 14.0. The molecule has 0 bridgehead atoms. The van der Waals surface area contributed by atoms with Crippen LogP contribution >= 0.6 is 0 Å². The number of rotatable bonds is 3. The van der Waals surface area contributed by atoms with Gasteiger partial charge in [-0.15, -0.1) is 0 Å². The first kappa shape index (κ1) is 16.9. The zero-order chi connectivity index (χ0) is 18.3. The molecule has 0 saturated carbocycles. The van der Waals surface area contributed by atoms with Crippen LogP contribution in [0.4, 0.5) is 18.9 Å². The van der Waals surface area contributed by atoms with E-state index in [1.165, 1.54) is 12.1 Å². The van der Waals surface area contributed by atoms with Crippen molar-refractivity contribution < 1.29 is 13.2 Å². The van der Waals surface area contributed by atoms with E-state index in [9.17, 15) is 13.2 Å². The summed E-state index contributed by atoms with van der Waals surface area (Å²) in [6.07, 6.45) is 0.352. The number of alkyl halides is 2. The largest absolute Gasteiger partial charge is 0.376 e. The van der Waals surface area contributed by atoms with Crippen molar-refractivity contribution in [3.8, 4) is 11.3 Å². The van der Waals surface area contributed by atoms with Gasteiger partial charge in [0.1, 0.15) is 11.5 Å². The molecule has 136 valence electrons. The summed E-state index contributed by atoms with van der Waals surface area (Å²) in [6, 6.07) is 10.8. The highest BCUT2D eigenvalue weighted by Gasteiger charge is 2.41. The van der Waals surface area contributed by atoms with Crippen molar-refractivity contribution in [3.63, 3.8) is 0 Å². The first-order valence-corrected chi connectivity index (χ1v) is 8.52. The highest BCUT2D eigenvalue weighted by atomic mass is 19.3. The van der Waals surface area contributed by atoms with E-state index in [1.807, 2.05) is 12.1 Å². The lowest BCUT2D eigenvalue weighted by Crippen LogP contribution is -2.52. The topological polar surface area (TPSA) is 41.9 Å². The highest BCUT2D eigenvalue weighted by Crippen LogP contribution is 2.32. The van der Waals surface area contributed by atoms with E-state index in [-0.39, 0.29) is 12.4 Å². The van der Waals surface area contributed by atoms with Gasteiger partial charge in [-0.05, 0) is 43.3 Å². The van der Waals surface area contributed by atoms with Crippen LogP contribution in [0.25, 0.3) is 22.2 Å². The predicted molar refractivity (Wildman–Crippen MR) is 96.0 cm³/mol. The number of aryl methyl sites for hydroxylation is 1. The van der Waals surface area contributed by atoms with Crippen LogP contribution in [-0.4, -0.2) is 34.8 Å². The molecule has 1 aliphatic heterocycles. The molecule has 2 heterocycles. The smallest absolute Gasteiger partial charge is 0.279 e. The lowest BCUT2D eigenvalue weighted by atomic mass is 10.0. The Balaban J connectivity index is 1.69. The number of anilines is 1. The van der Waals surface area contributed by atoms with Crippen LogP contribution in [0.1, 0.15) is 6.42 Å². The third kappa shape index (κ3) is 3.03. The Hall–Kier alpha value is -2.54. The van der Waals surface area contributed by atoms with Crippen molar-refractivity contribution in [1.82, 2.24) is 15.1 Å². The normalized spacial score (nSPS) is 19.6. The minimum absolute atomic E-state index is 0.317. The van der Waals surface area contributed by atoms with E-state index in [1.54, 1.807) is 29.9 Å². The zero-order valence-electron chi connectivity index (χ0n) is 14.3. The molecule has 1 unspecified atom stereocenters. The monoisotopic (exact) mass is 360 g/mol. The summed E-state index contributed by atoms with van der Waals surface area (Å²) in [4.78, 5) is 0. The number of halogens is 3. The summed E-state index contributed by atoms with van der Waals surface area (Å²) >= 11 is 0. The molecular formula is C19H19F3N4. The lowest BCUT2D eigenvalue weighted by molar-refractivity contribution is -0.0321. The van der Waals surface area contributed by atoms with Crippen LogP contribution in [0.5, 0.6) is 0 Å². The summed E-state index contributed by atoms with van der Waals surface area (Å²) in [7, 11) is 1.79. The van der Waals surface area contributed by atoms with Gasteiger partial charge in [-0.2, -0.15) is 5.10 Å². The molecule has 1 fully saturated rings. The summed E-state index contributed by atoms with van der Waals surface area (Å²) in [5, 5.41) is 11.0. The average molecular weight is 360 g/mol. The molecule has 2 aromatic carbocycles. The Kier molecular flexibility index (Phi) is 4.11. The molecule has 2 N–H and O–H groups in total. The van der Waals surface area contributed by atoms with Crippen LogP contribution < -0.4 is 10.6 Å². The van der Waals surface area contributed by atoms with E-state index in [2.05, 4.69) is 15.7 Å². The van der Waals surface area contributed by atoms with E-state index in [0.717, 1.165) is 10.9 Å². The summed E-state index contributed by atoms with van der Waals surface area (Å²) in [5.41, 5.74) is 2.77. The Labute approximate surface area is 149 Å². The number of benzene rings is 2. The first-order chi connectivity index (χ1) is 12.4. The Morgan fingerprint density at radius 2 is 2.08 bits per heavy atom. The number of nitrogens with one attached hydrogen (secondary N) is 2. The second-order valence-electron chi connectivity index (χ2n) is 6.64. The fourth-order valence-electron chi connectivity index (χ4n) is 3.41. The molecule has 1 atom stereocenters. The summed E-state index contributed by atoms with van der Waals surface area (Å²) in [6.45, 7) is 0.243. The van der Waals surface area contributed by atoms with Crippen molar-refractivity contribution in [2.45, 2.75) is 18.4 Å². The molecule has 0 amide bonds. The molecule has 1 aliphatic rings. The molecule has 26 heavy (non-hydrogen) atoms. The second kappa shape index (κ2) is 6.32. The van der Waals surface area contributed by atoms with Gasteiger partial charge in [0.2, 0.25) is 0 Å². The van der Waals surface area contributed by atoms with Crippen molar-refractivity contribution in [2.24, 2.45) is 7.05 Å². The standard InChI is InChI=1S/C19H19F3N4/c1-26-16-10-14(24-17-7-8-23-11-19(17,21)22)5-6-15(16)18(25-26)12-3-2-4-13(20)9-12/h2-6,9-10,17,23-24H,7-8,11H2,1H3. The van der Waals surface area contributed by atoms with E-state index < -0.39 is 12.0 Å². The number of hydrogen-bond acceptors (Lipinski definition) is 3. The molecule has 1 aromatic heterocycles. The van der Waals surface area contributed by atoms with Gasteiger partial charge in [-0.3, -0.25) is 4.68 Å². The number of hydrogen-bond donors (Lipinski definition) is 2. The number of piperidine rings is 1. The van der Waals surface area contributed by atoms with Gasteiger partial charge in [0, 0.05) is 23.7 Å². The van der Waals surface area contributed by atoms with Gasteiger partial charge >= 0.3 is 0 Å². The Bertz CT molecular complexity index is 951. The first-order valence-electron chi connectivity index (χ1n) is 8.52. The van der Waals surface area contributed by atoms with Crippen LogP contribution in [0.3, 0.4) is 0 Å².